The van der Waals surface area contributed by atoms with Crippen LogP contribution in [-0.4, -0.2) is 12.8 Å². The van der Waals surface area contributed by atoms with E-state index in [1.165, 1.54) is 10.5 Å². The van der Waals surface area contributed by atoms with Gasteiger partial charge >= 0.3 is 0 Å². The highest BCUT2D eigenvalue weighted by molar-refractivity contribution is 7.98. The van der Waals surface area contributed by atoms with Crippen LogP contribution in [0.3, 0.4) is 0 Å². The number of rotatable bonds is 4. The Hall–Kier alpha value is -2.72. The van der Waals surface area contributed by atoms with Gasteiger partial charge in [-0.15, -0.1) is 11.8 Å². The lowest BCUT2D eigenvalue weighted by Crippen LogP contribution is -2.06. The number of anilines is 1. The Morgan fingerprint density at radius 3 is 2.54 bits per heavy atom. The maximum absolute atomic E-state index is 12.3. The normalized spacial score (nSPS) is 11.3. The molecule has 0 aromatic heterocycles. The van der Waals surface area contributed by atoms with E-state index in [4.69, 9.17) is 4.42 Å². The fraction of sp³-hybridized carbons (Fsp3) is 0.208. The molecule has 1 heterocycles. The van der Waals surface area contributed by atoms with E-state index in [0.29, 0.717) is 5.76 Å². The number of hydrogen-bond donors (Lipinski definition) is 1. The number of thioether (sulfide) groups is 1. The molecule has 2 aromatic carbocycles. The zero-order valence-electron chi connectivity index (χ0n) is 16.6. The minimum Gasteiger partial charge on any atom is -0.456 e. The Morgan fingerprint density at radius 2 is 1.79 bits per heavy atom. The van der Waals surface area contributed by atoms with Gasteiger partial charge in [-0.1, -0.05) is 18.2 Å². The quantitative estimate of drug-likeness (QED) is 0.327. The van der Waals surface area contributed by atoms with Gasteiger partial charge in [-0.2, -0.15) is 0 Å². The molecule has 0 saturated heterocycles. The molecule has 0 spiro atoms. The number of fused-ring (bicyclic) bond motifs is 2. The summed E-state index contributed by atoms with van der Waals surface area (Å²) in [5, 5.41) is 4.45. The molecular formula is C24H23NO2S. The largest absolute Gasteiger partial charge is 0.456 e. The molecule has 142 valence electrons. The summed E-state index contributed by atoms with van der Waals surface area (Å²) >= 11 is 1.73. The van der Waals surface area contributed by atoms with Crippen molar-refractivity contribution in [2.45, 2.75) is 25.7 Å². The summed E-state index contributed by atoms with van der Waals surface area (Å²) in [6.45, 7) is 6.88. The van der Waals surface area contributed by atoms with Crippen molar-refractivity contribution in [1.29, 1.82) is 0 Å². The lowest BCUT2D eigenvalue weighted by atomic mass is 9.91. The second kappa shape index (κ2) is 7.36. The third-order valence-electron chi connectivity index (χ3n) is 5.11. The number of aryl methyl sites for hydroxylation is 2. The molecule has 0 amide bonds. The summed E-state index contributed by atoms with van der Waals surface area (Å²) in [5.74, 6) is 0.625. The first-order chi connectivity index (χ1) is 13.5. The van der Waals surface area contributed by atoms with Crippen molar-refractivity contribution in [2.24, 2.45) is 0 Å². The van der Waals surface area contributed by atoms with Gasteiger partial charge in [0.25, 0.3) is 0 Å². The fourth-order valence-corrected chi connectivity index (χ4v) is 4.31. The van der Waals surface area contributed by atoms with Crippen molar-refractivity contribution in [1.82, 2.24) is 0 Å². The van der Waals surface area contributed by atoms with Crippen LogP contribution >= 0.6 is 11.8 Å². The standard InChI is InChI=1S/C24H23NO2S/c1-5-25-19-12-21-17(10-14(19)2)24(16-8-6-7-9-23(16)28-4)18-11-15(3)20(26)13-22(18)27-21/h6-13,25H,5H2,1-4H3. The Balaban J connectivity index is 2.19. The third-order valence-corrected chi connectivity index (χ3v) is 5.90. The van der Waals surface area contributed by atoms with Crippen LogP contribution < -0.4 is 10.7 Å². The molecule has 2 aromatic rings. The molecule has 0 radical (unpaired) electrons. The summed E-state index contributed by atoms with van der Waals surface area (Å²) < 4.78 is 6.21. The maximum atomic E-state index is 12.3. The van der Waals surface area contributed by atoms with Gasteiger partial charge in [0.15, 0.2) is 5.43 Å². The van der Waals surface area contributed by atoms with Crippen LogP contribution in [-0.2, 0) is 0 Å². The minimum absolute atomic E-state index is 0.00119. The molecule has 0 atom stereocenters. The average molecular weight is 390 g/mol. The van der Waals surface area contributed by atoms with Crippen LogP contribution in [0.2, 0.25) is 0 Å². The molecule has 4 rings (SSSR count). The summed E-state index contributed by atoms with van der Waals surface area (Å²) in [7, 11) is 0. The van der Waals surface area contributed by atoms with Crippen LogP contribution in [0.4, 0.5) is 5.69 Å². The SMILES string of the molecule is CCNc1cc2oc3cc(=O)c(C)cc-3c(-c3ccccc3SC)c2cc1C. The van der Waals surface area contributed by atoms with Gasteiger partial charge in [0.05, 0.1) is 0 Å². The third kappa shape index (κ3) is 3.08. The molecule has 0 saturated carbocycles. The molecule has 1 N–H and O–H groups in total. The van der Waals surface area contributed by atoms with Gasteiger partial charge in [-0.05, 0) is 61.9 Å². The van der Waals surface area contributed by atoms with E-state index in [1.807, 2.05) is 19.1 Å². The van der Waals surface area contributed by atoms with Crippen molar-refractivity contribution in [3.05, 3.63) is 69.9 Å². The number of hydrogen-bond acceptors (Lipinski definition) is 4. The lowest BCUT2D eigenvalue weighted by molar-refractivity contribution is 0.619. The summed E-state index contributed by atoms with van der Waals surface area (Å²) in [6.07, 6.45) is 2.09. The molecular weight excluding hydrogens is 366 g/mol. The van der Waals surface area contributed by atoms with Gasteiger partial charge < -0.3 is 9.73 Å². The first-order valence-corrected chi connectivity index (χ1v) is 10.6. The Labute approximate surface area is 169 Å². The second-order valence-electron chi connectivity index (χ2n) is 6.98. The van der Waals surface area contributed by atoms with Gasteiger partial charge in [0.1, 0.15) is 11.3 Å². The molecule has 2 aliphatic rings. The van der Waals surface area contributed by atoms with Crippen molar-refractivity contribution < 1.29 is 4.42 Å². The second-order valence-corrected chi connectivity index (χ2v) is 7.83. The van der Waals surface area contributed by atoms with E-state index in [-0.39, 0.29) is 5.43 Å². The van der Waals surface area contributed by atoms with Crippen LogP contribution in [0.1, 0.15) is 18.1 Å². The fourth-order valence-electron chi connectivity index (χ4n) is 3.70. The first kappa shape index (κ1) is 18.6. The number of nitrogens with one attached hydrogen (secondary N) is 1. The predicted octanol–water partition coefficient (Wildman–Crippen LogP) is 6.34. The summed E-state index contributed by atoms with van der Waals surface area (Å²) in [6, 6.07) is 16.2. The van der Waals surface area contributed by atoms with Crippen LogP contribution in [0.5, 0.6) is 0 Å². The maximum Gasteiger partial charge on any atom is 0.185 e. The molecule has 3 nitrogen and oxygen atoms in total. The van der Waals surface area contributed by atoms with E-state index in [0.717, 1.165) is 45.5 Å². The van der Waals surface area contributed by atoms with E-state index >= 15 is 0 Å². The Morgan fingerprint density at radius 1 is 1.00 bits per heavy atom. The van der Waals surface area contributed by atoms with Crippen LogP contribution in [0.25, 0.3) is 33.4 Å². The molecule has 1 aliphatic carbocycles. The summed E-state index contributed by atoms with van der Waals surface area (Å²) in [5.41, 5.74) is 6.99. The zero-order valence-corrected chi connectivity index (χ0v) is 17.4. The minimum atomic E-state index is -0.00119. The average Bonchev–Trinajstić information content (AvgIpc) is 2.69. The highest BCUT2D eigenvalue weighted by Crippen LogP contribution is 2.44. The molecule has 4 heteroatoms. The molecule has 1 aliphatic heterocycles. The van der Waals surface area contributed by atoms with Crippen molar-refractivity contribution in [2.75, 3.05) is 18.1 Å². The zero-order chi connectivity index (χ0) is 19.8. The van der Waals surface area contributed by atoms with Gasteiger partial charge in [0, 0.05) is 45.8 Å². The highest BCUT2D eigenvalue weighted by atomic mass is 32.2. The predicted molar refractivity (Wildman–Crippen MR) is 120 cm³/mol. The Bertz CT molecular complexity index is 1210. The van der Waals surface area contributed by atoms with Gasteiger partial charge in [-0.3, -0.25) is 4.79 Å². The van der Waals surface area contributed by atoms with E-state index < -0.39 is 0 Å². The van der Waals surface area contributed by atoms with Crippen molar-refractivity contribution >= 4 is 28.4 Å². The molecule has 0 unspecified atom stereocenters. The smallest absolute Gasteiger partial charge is 0.185 e. The monoisotopic (exact) mass is 389 g/mol. The van der Waals surface area contributed by atoms with Crippen molar-refractivity contribution in [3.63, 3.8) is 0 Å². The van der Waals surface area contributed by atoms with Crippen molar-refractivity contribution in [3.8, 4) is 22.5 Å². The lowest BCUT2D eigenvalue weighted by Gasteiger charge is -2.19. The van der Waals surface area contributed by atoms with Gasteiger partial charge in [0.2, 0.25) is 0 Å². The highest BCUT2D eigenvalue weighted by Gasteiger charge is 2.21. The van der Waals surface area contributed by atoms with Crippen LogP contribution in [0.15, 0.2) is 62.6 Å². The number of benzene rings is 3. The topological polar surface area (TPSA) is 42.2 Å². The Kier molecular flexibility index (Phi) is 4.90. The summed E-state index contributed by atoms with van der Waals surface area (Å²) in [4.78, 5) is 13.5. The van der Waals surface area contributed by atoms with E-state index in [1.54, 1.807) is 17.8 Å². The van der Waals surface area contributed by atoms with E-state index in [9.17, 15) is 4.79 Å². The first-order valence-electron chi connectivity index (χ1n) is 9.42. The van der Waals surface area contributed by atoms with E-state index in [2.05, 4.69) is 55.8 Å². The van der Waals surface area contributed by atoms with Crippen LogP contribution in [0, 0.1) is 13.8 Å². The molecule has 0 bridgehead atoms. The molecule has 0 fully saturated rings. The van der Waals surface area contributed by atoms with Gasteiger partial charge in [-0.25, -0.2) is 0 Å². The molecule has 28 heavy (non-hydrogen) atoms.